The summed E-state index contributed by atoms with van der Waals surface area (Å²) in [5.74, 6) is -0.163. The van der Waals surface area contributed by atoms with Gasteiger partial charge in [0.2, 0.25) is 0 Å². The highest BCUT2D eigenvalue weighted by atomic mass is 19.1. The van der Waals surface area contributed by atoms with Crippen LogP contribution >= 0.6 is 0 Å². The van der Waals surface area contributed by atoms with Gasteiger partial charge in [0.05, 0.1) is 6.33 Å². The Balaban J connectivity index is 1.97. The molecule has 3 heteroatoms. The largest absolute Gasteiger partial charge is 0.333 e. The Morgan fingerprint density at radius 2 is 1.95 bits per heavy atom. The van der Waals surface area contributed by atoms with Gasteiger partial charge in [0.1, 0.15) is 5.82 Å². The quantitative estimate of drug-likeness (QED) is 0.687. The molecule has 112 valence electrons. The van der Waals surface area contributed by atoms with Crippen LogP contribution in [0, 0.1) is 12.7 Å². The molecule has 0 bridgehead atoms. The third-order valence-electron chi connectivity index (χ3n) is 3.93. The number of imidazole rings is 1. The van der Waals surface area contributed by atoms with Crippen molar-refractivity contribution in [3.8, 4) is 11.1 Å². The van der Waals surface area contributed by atoms with Crippen molar-refractivity contribution in [1.82, 2.24) is 9.55 Å². The Hall–Kier alpha value is -2.42. The molecule has 2 aromatic carbocycles. The minimum Gasteiger partial charge on any atom is -0.333 e. The zero-order valence-corrected chi connectivity index (χ0v) is 12.9. The first-order valence-corrected chi connectivity index (χ1v) is 7.51. The van der Waals surface area contributed by atoms with E-state index in [-0.39, 0.29) is 5.82 Å². The van der Waals surface area contributed by atoms with E-state index in [0.717, 1.165) is 24.1 Å². The minimum absolute atomic E-state index is 0.163. The monoisotopic (exact) mass is 294 g/mol. The Morgan fingerprint density at radius 1 is 1.09 bits per heavy atom. The summed E-state index contributed by atoms with van der Waals surface area (Å²) in [6, 6.07) is 11.6. The van der Waals surface area contributed by atoms with Gasteiger partial charge in [0.25, 0.3) is 0 Å². The molecule has 0 N–H and O–H groups in total. The molecule has 2 nitrogen and oxygen atoms in total. The van der Waals surface area contributed by atoms with Gasteiger partial charge in [-0.3, -0.25) is 0 Å². The van der Waals surface area contributed by atoms with E-state index in [9.17, 15) is 4.39 Å². The predicted molar refractivity (Wildman–Crippen MR) is 87.3 cm³/mol. The highest BCUT2D eigenvalue weighted by molar-refractivity contribution is 5.66. The van der Waals surface area contributed by atoms with Gasteiger partial charge in [0, 0.05) is 24.5 Å². The van der Waals surface area contributed by atoms with Crippen LogP contribution < -0.4 is 0 Å². The maximum absolute atomic E-state index is 14.2. The van der Waals surface area contributed by atoms with Crippen molar-refractivity contribution in [1.29, 1.82) is 0 Å². The van der Waals surface area contributed by atoms with Gasteiger partial charge in [-0.05, 0) is 41.7 Å². The molecular formula is C19H19FN2. The van der Waals surface area contributed by atoms with E-state index in [4.69, 9.17) is 0 Å². The first kappa shape index (κ1) is 14.5. The molecule has 0 aliphatic carbocycles. The second kappa shape index (κ2) is 6.14. The number of halogens is 1. The summed E-state index contributed by atoms with van der Waals surface area (Å²) < 4.78 is 16.2. The first-order chi connectivity index (χ1) is 10.7. The van der Waals surface area contributed by atoms with Gasteiger partial charge in [-0.2, -0.15) is 0 Å². The summed E-state index contributed by atoms with van der Waals surface area (Å²) in [6.07, 6.45) is 6.47. The summed E-state index contributed by atoms with van der Waals surface area (Å²) in [5, 5.41) is 0. The van der Waals surface area contributed by atoms with Gasteiger partial charge < -0.3 is 4.57 Å². The molecule has 1 heterocycles. The third-order valence-corrected chi connectivity index (χ3v) is 3.93. The van der Waals surface area contributed by atoms with Crippen LogP contribution in [0.5, 0.6) is 0 Å². The molecule has 0 saturated carbocycles. The average molecular weight is 294 g/mol. The van der Waals surface area contributed by atoms with E-state index in [1.165, 1.54) is 11.1 Å². The molecule has 0 saturated heterocycles. The molecule has 1 aromatic heterocycles. The van der Waals surface area contributed by atoms with Crippen LogP contribution in [0.1, 0.15) is 23.6 Å². The zero-order valence-electron chi connectivity index (χ0n) is 12.9. The molecular weight excluding hydrogens is 275 g/mol. The number of aromatic nitrogens is 2. The van der Waals surface area contributed by atoms with Crippen molar-refractivity contribution < 1.29 is 4.39 Å². The number of hydrogen-bond donors (Lipinski definition) is 0. The first-order valence-electron chi connectivity index (χ1n) is 7.51. The summed E-state index contributed by atoms with van der Waals surface area (Å²) in [4.78, 5) is 4.07. The molecule has 0 fully saturated rings. The van der Waals surface area contributed by atoms with Gasteiger partial charge in [0.15, 0.2) is 0 Å². The maximum atomic E-state index is 14.2. The van der Waals surface area contributed by atoms with Crippen molar-refractivity contribution >= 4 is 0 Å². The summed E-state index contributed by atoms with van der Waals surface area (Å²) in [5.41, 5.74) is 5.02. The molecule has 3 rings (SSSR count). The third kappa shape index (κ3) is 2.93. The molecule has 0 unspecified atom stereocenters. The van der Waals surface area contributed by atoms with Crippen molar-refractivity contribution in [3.05, 3.63) is 77.6 Å². The zero-order chi connectivity index (χ0) is 15.5. The lowest BCUT2D eigenvalue weighted by molar-refractivity contribution is 0.630. The standard InChI is InChI=1S/C19H19FN2/c1-3-15-11-16(18-7-4-14(2)10-19(18)20)5-6-17(15)12-22-9-8-21-13-22/h4-11,13H,3,12H2,1-2H3. The molecule has 0 spiro atoms. The average Bonchev–Trinajstić information content (AvgIpc) is 3.01. The van der Waals surface area contributed by atoms with Crippen LogP contribution in [0.25, 0.3) is 11.1 Å². The fourth-order valence-electron chi connectivity index (χ4n) is 2.71. The van der Waals surface area contributed by atoms with E-state index in [2.05, 4.69) is 24.0 Å². The van der Waals surface area contributed by atoms with Gasteiger partial charge >= 0.3 is 0 Å². The molecule has 0 aliphatic rings. The van der Waals surface area contributed by atoms with Crippen LogP contribution in [0.3, 0.4) is 0 Å². The lowest BCUT2D eigenvalue weighted by atomic mass is 9.96. The van der Waals surface area contributed by atoms with E-state index in [0.29, 0.717) is 5.56 Å². The SMILES string of the molecule is CCc1cc(-c2ccc(C)cc2F)ccc1Cn1ccnc1. The summed E-state index contributed by atoms with van der Waals surface area (Å²) >= 11 is 0. The van der Waals surface area contributed by atoms with Crippen LogP contribution in [0.2, 0.25) is 0 Å². The van der Waals surface area contributed by atoms with Crippen molar-refractivity contribution in [3.63, 3.8) is 0 Å². The Morgan fingerprint density at radius 3 is 2.64 bits per heavy atom. The smallest absolute Gasteiger partial charge is 0.131 e. The number of aryl methyl sites for hydroxylation is 2. The molecule has 0 radical (unpaired) electrons. The summed E-state index contributed by atoms with van der Waals surface area (Å²) in [6.45, 7) is 4.82. The van der Waals surface area contributed by atoms with Crippen LogP contribution in [0.4, 0.5) is 4.39 Å². The Bertz CT molecular complexity index is 776. The second-order valence-electron chi connectivity index (χ2n) is 5.56. The molecule has 3 aromatic rings. The molecule has 0 aliphatic heterocycles. The Labute approximate surface area is 130 Å². The van der Waals surface area contributed by atoms with Crippen LogP contribution in [0.15, 0.2) is 55.1 Å². The van der Waals surface area contributed by atoms with Crippen molar-refractivity contribution in [2.45, 2.75) is 26.8 Å². The van der Waals surface area contributed by atoms with Gasteiger partial charge in [-0.1, -0.05) is 37.3 Å². The lowest BCUT2D eigenvalue weighted by Crippen LogP contribution is -2.01. The second-order valence-corrected chi connectivity index (χ2v) is 5.56. The van der Waals surface area contributed by atoms with Crippen LogP contribution in [-0.4, -0.2) is 9.55 Å². The van der Waals surface area contributed by atoms with E-state index in [1.54, 1.807) is 12.3 Å². The van der Waals surface area contributed by atoms with E-state index in [1.807, 2.05) is 42.2 Å². The van der Waals surface area contributed by atoms with Crippen molar-refractivity contribution in [2.75, 3.05) is 0 Å². The number of benzene rings is 2. The van der Waals surface area contributed by atoms with E-state index >= 15 is 0 Å². The number of nitrogens with zero attached hydrogens (tertiary/aromatic N) is 2. The highest BCUT2D eigenvalue weighted by Crippen LogP contribution is 2.26. The molecule has 22 heavy (non-hydrogen) atoms. The molecule has 0 atom stereocenters. The van der Waals surface area contributed by atoms with Gasteiger partial charge in [-0.15, -0.1) is 0 Å². The lowest BCUT2D eigenvalue weighted by Gasteiger charge is -2.12. The fourth-order valence-corrected chi connectivity index (χ4v) is 2.71. The molecule has 0 amide bonds. The Kier molecular flexibility index (Phi) is 4.05. The minimum atomic E-state index is -0.163. The topological polar surface area (TPSA) is 17.8 Å². The van der Waals surface area contributed by atoms with Crippen molar-refractivity contribution in [2.24, 2.45) is 0 Å². The van der Waals surface area contributed by atoms with Gasteiger partial charge in [-0.25, -0.2) is 9.37 Å². The number of rotatable bonds is 4. The fraction of sp³-hybridized carbons (Fsp3) is 0.211. The number of hydrogen-bond acceptors (Lipinski definition) is 1. The normalized spacial score (nSPS) is 10.9. The van der Waals surface area contributed by atoms with Crippen LogP contribution in [-0.2, 0) is 13.0 Å². The van der Waals surface area contributed by atoms with E-state index < -0.39 is 0 Å². The maximum Gasteiger partial charge on any atom is 0.131 e. The predicted octanol–water partition coefficient (Wildman–Crippen LogP) is 4.61. The highest BCUT2D eigenvalue weighted by Gasteiger charge is 2.09. The summed E-state index contributed by atoms with van der Waals surface area (Å²) in [7, 11) is 0.